The van der Waals surface area contributed by atoms with Crippen molar-refractivity contribution in [3.8, 4) is 0 Å². The Bertz CT molecular complexity index is 406. The smallest absolute Gasteiger partial charge is 0.0755 e. The highest BCUT2D eigenvalue weighted by Crippen LogP contribution is 2.31. The van der Waals surface area contributed by atoms with Gasteiger partial charge in [0.05, 0.1) is 12.2 Å². The third kappa shape index (κ3) is 2.26. The van der Waals surface area contributed by atoms with Crippen molar-refractivity contribution in [1.29, 1.82) is 0 Å². The molecule has 2 heteroatoms. The Morgan fingerprint density at radius 3 is 2.06 bits per heavy atom. The zero-order chi connectivity index (χ0) is 12.8. The number of hydrogen-bond donors (Lipinski definition) is 0. The van der Waals surface area contributed by atoms with Gasteiger partial charge in [0.25, 0.3) is 0 Å². The van der Waals surface area contributed by atoms with Gasteiger partial charge in [-0.1, -0.05) is 32.9 Å². The molecule has 98 valence electrons. The minimum atomic E-state index is 0.239. The van der Waals surface area contributed by atoms with Gasteiger partial charge in [-0.25, -0.2) is 0 Å². The Morgan fingerprint density at radius 1 is 1.00 bits per heavy atom. The second-order valence-electron chi connectivity index (χ2n) is 6.66. The first kappa shape index (κ1) is 12.0. The lowest BCUT2D eigenvalue weighted by atomic mass is 9.87. The van der Waals surface area contributed by atoms with Crippen LogP contribution >= 0.6 is 0 Å². The van der Waals surface area contributed by atoms with Crippen LogP contribution in [0.5, 0.6) is 0 Å². The van der Waals surface area contributed by atoms with Crippen molar-refractivity contribution >= 4 is 5.69 Å². The van der Waals surface area contributed by atoms with Crippen molar-refractivity contribution in [2.75, 3.05) is 18.0 Å². The van der Waals surface area contributed by atoms with E-state index in [-0.39, 0.29) is 5.41 Å². The highest BCUT2D eigenvalue weighted by Gasteiger charge is 2.33. The quantitative estimate of drug-likeness (QED) is 0.752. The lowest BCUT2D eigenvalue weighted by molar-refractivity contribution is 0.0305. The topological polar surface area (TPSA) is 12.5 Å². The molecule has 2 atom stereocenters. The molecule has 0 N–H and O–H groups in total. The zero-order valence-electron chi connectivity index (χ0n) is 11.6. The van der Waals surface area contributed by atoms with Crippen molar-refractivity contribution in [2.24, 2.45) is 0 Å². The summed E-state index contributed by atoms with van der Waals surface area (Å²) in [6.45, 7) is 8.90. The van der Waals surface area contributed by atoms with Crippen LogP contribution in [0.15, 0.2) is 24.3 Å². The number of anilines is 1. The lowest BCUT2D eigenvalue weighted by Crippen LogP contribution is -2.42. The second kappa shape index (κ2) is 4.27. The zero-order valence-corrected chi connectivity index (χ0v) is 11.6. The van der Waals surface area contributed by atoms with Crippen LogP contribution in [-0.2, 0) is 10.2 Å². The van der Waals surface area contributed by atoms with Gasteiger partial charge in [0.1, 0.15) is 0 Å². The molecule has 3 rings (SSSR count). The van der Waals surface area contributed by atoms with Gasteiger partial charge in [-0.05, 0) is 36.0 Å². The van der Waals surface area contributed by atoms with E-state index in [1.807, 2.05) is 0 Å². The highest BCUT2D eigenvalue weighted by molar-refractivity contribution is 5.49. The van der Waals surface area contributed by atoms with Crippen LogP contribution in [-0.4, -0.2) is 25.3 Å². The maximum Gasteiger partial charge on any atom is 0.0755 e. The molecular formula is C16H23NO. The van der Waals surface area contributed by atoms with E-state index in [2.05, 4.69) is 49.9 Å². The van der Waals surface area contributed by atoms with Gasteiger partial charge >= 0.3 is 0 Å². The minimum absolute atomic E-state index is 0.239. The van der Waals surface area contributed by atoms with E-state index >= 15 is 0 Å². The predicted molar refractivity (Wildman–Crippen MR) is 75.3 cm³/mol. The van der Waals surface area contributed by atoms with Crippen LogP contribution in [0.3, 0.4) is 0 Å². The molecule has 2 bridgehead atoms. The summed E-state index contributed by atoms with van der Waals surface area (Å²) < 4.78 is 5.89. The van der Waals surface area contributed by atoms with E-state index in [9.17, 15) is 0 Å². The molecule has 0 aliphatic carbocycles. The number of benzene rings is 1. The Morgan fingerprint density at radius 2 is 1.56 bits per heavy atom. The molecule has 1 aromatic rings. The minimum Gasteiger partial charge on any atom is -0.371 e. The Kier molecular flexibility index (Phi) is 2.86. The fourth-order valence-corrected chi connectivity index (χ4v) is 3.00. The molecule has 2 saturated heterocycles. The summed E-state index contributed by atoms with van der Waals surface area (Å²) in [5, 5.41) is 0. The fourth-order valence-electron chi connectivity index (χ4n) is 3.00. The summed E-state index contributed by atoms with van der Waals surface area (Å²) in [5.41, 5.74) is 2.99. The van der Waals surface area contributed by atoms with Crippen molar-refractivity contribution in [2.45, 2.75) is 51.2 Å². The van der Waals surface area contributed by atoms with Gasteiger partial charge in [0.2, 0.25) is 0 Å². The molecule has 0 spiro atoms. The average Bonchev–Trinajstić information content (AvgIpc) is 2.67. The Balaban J connectivity index is 1.77. The van der Waals surface area contributed by atoms with Gasteiger partial charge in [0.15, 0.2) is 0 Å². The van der Waals surface area contributed by atoms with Crippen LogP contribution < -0.4 is 4.90 Å². The maximum absolute atomic E-state index is 5.89. The standard InChI is InChI=1S/C16H23NO/c1-16(2,3)12-4-6-13(7-5-12)17-10-14-8-9-15(11-17)18-14/h4-7,14-15H,8-11H2,1-3H3. The van der Waals surface area contributed by atoms with Gasteiger partial charge in [-0.15, -0.1) is 0 Å². The third-order valence-corrected chi connectivity index (χ3v) is 4.14. The number of ether oxygens (including phenoxy) is 1. The molecule has 0 amide bonds. The molecule has 2 nitrogen and oxygen atoms in total. The molecule has 0 saturated carbocycles. The third-order valence-electron chi connectivity index (χ3n) is 4.14. The van der Waals surface area contributed by atoms with Crippen LogP contribution in [0.4, 0.5) is 5.69 Å². The van der Waals surface area contributed by atoms with E-state index in [0.29, 0.717) is 12.2 Å². The second-order valence-corrected chi connectivity index (χ2v) is 6.66. The van der Waals surface area contributed by atoms with Crippen LogP contribution in [0.25, 0.3) is 0 Å². The van der Waals surface area contributed by atoms with E-state index in [0.717, 1.165) is 13.1 Å². The van der Waals surface area contributed by atoms with Crippen LogP contribution in [0, 0.1) is 0 Å². The largest absolute Gasteiger partial charge is 0.371 e. The molecule has 2 fully saturated rings. The van der Waals surface area contributed by atoms with E-state index in [4.69, 9.17) is 4.74 Å². The van der Waals surface area contributed by atoms with E-state index in [1.54, 1.807) is 0 Å². The Labute approximate surface area is 110 Å². The van der Waals surface area contributed by atoms with E-state index < -0.39 is 0 Å². The van der Waals surface area contributed by atoms with Crippen LogP contribution in [0.2, 0.25) is 0 Å². The number of morpholine rings is 1. The average molecular weight is 245 g/mol. The fraction of sp³-hybridized carbons (Fsp3) is 0.625. The lowest BCUT2D eigenvalue weighted by Gasteiger charge is -2.34. The van der Waals surface area contributed by atoms with Crippen molar-refractivity contribution in [1.82, 2.24) is 0 Å². The maximum atomic E-state index is 5.89. The SMILES string of the molecule is CC(C)(C)c1ccc(N2CC3CCC(C2)O3)cc1. The molecule has 2 heterocycles. The highest BCUT2D eigenvalue weighted by atomic mass is 16.5. The number of fused-ring (bicyclic) bond motifs is 2. The number of hydrogen-bond acceptors (Lipinski definition) is 2. The number of nitrogens with zero attached hydrogens (tertiary/aromatic N) is 1. The van der Waals surface area contributed by atoms with Crippen molar-refractivity contribution < 1.29 is 4.74 Å². The van der Waals surface area contributed by atoms with Gasteiger partial charge in [-0.2, -0.15) is 0 Å². The van der Waals surface area contributed by atoms with Crippen molar-refractivity contribution in [3.05, 3.63) is 29.8 Å². The van der Waals surface area contributed by atoms with Crippen molar-refractivity contribution in [3.63, 3.8) is 0 Å². The van der Waals surface area contributed by atoms with Gasteiger partial charge in [-0.3, -0.25) is 0 Å². The van der Waals surface area contributed by atoms with Gasteiger partial charge in [0, 0.05) is 18.8 Å². The first-order valence-electron chi connectivity index (χ1n) is 7.03. The molecular weight excluding hydrogens is 222 g/mol. The number of rotatable bonds is 1. The normalized spacial score (nSPS) is 27.6. The van der Waals surface area contributed by atoms with Gasteiger partial charge < -0.3 is 9.64 Å². The summed E-state index contributed by atoms with van der Waals surface area (Å²) in [6.07, 6.45) is 3.40. The summed E-state index contributed by atoms with van der Waals surface area (Å²) in [5.74, 6) is 0. The first-order chi connectivity index (χ1) is 8.52. The predicted octanol–water partition coefficient (Wildman–Crippen LogP) is 3.35. The summed E-state index contributed by atoms with van der Waals surface area (Å²) in [7, 11) is 0. The first-order valence-corrected chi connectivity index (χ1v) is 7.03. The molecule has 2 aliphatic heterocycles. The molecule has 0 aromatic heterocycles. The molecule has 18 heavy (non-hydrogen) atoms. The Hall–Kier alpha value is -1.02. The summed E-state index contributed by atoms with van der Waals surface area (Å²) in [4.78, 5) is 2.48. The molecule has 2 aliphatic rings. The summed E-state index contributed by atoms with van der Waals surface area (Å²) in [6, 6.07) is 9.08. The monoisotopic (exact) mass is 245 g/mol. The van der Waals surface area contributed by atoms with E-state index in [1.165, 1.54) is 24.1 Å². The molecule has 0 radical (unpaired) electrons. The summed E-state index contributed by atoms with van der Waals surface area (Å²) >= 11 is 0. The van der Waals surface area contributed by atoms with Crippen LogP contribution in [0.1, 0.15) is 39.2 Å². The molecule has 2 unspecified atom stereocenters. The molecule has 1 aromatic carbocycles.